The number of benzene rings is 2. The van der Waals surface area contributed by atoms with Gasteiger partial charge in [-0.05, 0) is 41.7 Å². The highest BCUT2D eigenvalue weighted by Crippen LogP contribution is 2.39. The molecule has 2 aromatic carbocycles. The van der Waals surface area contributed by atoms with Gasteiger partial charge in [0, 0.05) is 19.2 Å². The third-order valence-electron chi connectivity index (χ3n) is 4.81. The second kappa shape index (κ2) is 8.25. The van der Waals surface area contributed by atoms with Crippen LogP contribution >= 0.6 is 0 Å². The SMILES string of the molecule is C=[N+]1C(Nc2ccc(C(C)C)cc2)=Nc2cc(CCC(=O)OC)c(OC)cc21. The number of anilines is 1. The van der Waals surface area contributed by atoms with Crippen molar-refractivity contribution in [1.29, 1.82) is 0 Å². The average Bonchev–Trinajstić information content (AvgIpc) is 3.00. The minimum absolute atomic E-state index is 0.253. The van der Waals surface area contributed by atoms with Crippen LogP contribution in [0.3, 0.4) is 0 Å². The highest BCUT2D eigenvalue weighted by atomic mass is 16.5. The molecule has 0 aromatic heterocycles. The van der Waals surface area contributed by atoms with Crippen molar-refractivity contribution in [3.05, 3.63) is 47.5 Å². The largest absolute Gasteiger partial charge is 0.496 e. The Morgan fingerprint density at radius 3 is 2.54 bits per heavy atom. The monoisotopic (exact) mass is 380 g/mol. The van der Waals surface area contributed by atoms with Crippen molar-refractivity contribution in [2.75, 3.05) is 19.5 Å². The quantitative estimate of drug-likeness (QED) is 0.597. The van der Waals surface area contributed by atoms with Crippen molar-refractivity contribution in [3.8, 4) is 5.75 Å². The summed E-state index contributed by atoms with van der Waals surface area (Å²) in [5.74, 6) is 1.58. The topological polar surface area (TPSA) is 62.9 Å². The van der Waals surface area contributed by atoms with Gasteiger partial charge >= 0.3 is 11.9 Å². The summed E-state index contributed by atoms with van der Waals surface area (Å²) in [5, 5.41) is 3.32. The summed E-state index contributed by atoms with van der Waals surface area (Å²) in [6.45, 7) is 8.44. The Kier molecular flexibility index (Phi) is 5.78. The van der Waals surface area contributed by atoms with E-state index in [1.165, 1.54) is 12.7 Å². The van der Waals surface area contributed by atoms with Crippen LogP contribution in [-0.4, -0.2) is 37.4 Å². The summed E-state index contributed by atoms with van der Waals surface area (Å²) in [4.78, 5) is 16.1. The highest BCUT2D eigenvalue weighted by Gasteiger charge is 2.29. The number of aryl methyl sites for hydroxylation is 1. The van der Waals surface area contributed by atoms with Gasteiger partial charge < -0.3 is 9.47 Å². The number of aliphatic imine (C=N–C) groups is 1. The summed E-state index contributed by atoms with van der Waals surface area (Å²) < 4.78 is 12.0. The van der Waals surface area contributed by atoms with Gasteiger partial charge in [-0.3, -0.25) is 4.79 Å². The summed E-state index contributed by atoms with van der Waals surface area (Å²) >= 11 is 0. The van der Waals surface area contributed by atoms with E-state index in [9.17, 15) is 4.79 Å². The molecule has 28 heavy (non-hydrogen) atoms. The summed E-state index contributed by atoms with van der Waals surface area (Å²) in [5.41, 5.74) is 4.78. The van der Waals surface area contributed by atoms with E-state index in [4.69, 9.17) is 9.47 Å². The van der Waals surface area contributed by atoms with Gasteiger partial charge in [0.1, 0.15) is 5.75 Å². The van der Waals surface area contributed by atoms with Gasteiger partial charge in [0.2, 0.25) is 0 Å². The predicted octanol–water partition coefficient (Wildman–Crippen LogP) is 4.38. The molecule has 6 heteroatoms. The number of guanidine groups is 1. The van der Waals surface area contributed by atoms with Crippen LogP contribution in [0.25, 0.3) is 0 Å². The zero-order valence-corrected chi connectivity index (χ0v) is 16.8. The predicted molar refractivity (Wildman–Crippen MR) is 112 cm³/mol. The summed E-state index contributed by atoms with van der Waals surface area (Å²) in [7, 11) is 3.00. The molecule has 0 unspecified atom stereocenters. The van der Waals surface area contributed by atoms with E-state index >= 15 is 0 Å². The Labute approximate surface area is 165 Å². The number of carbonyl (C=O) groups is 1. The van der Waals surface area contributed by atoms with Crippen molar-refractivity contribution in [1.82, 2.24) is 0 Å². The molecule has 0 spiro atoms. The van der Waals surface area contributed by atoms with Crippen LogP contribution in [0.4, 0.5) is 17.1 Å². The molecule has 1 heterocycles. The fourth-order valence-corrected chi connectivity index (χ4v) is 3.10. The lowest BCUT2D eigenvalue weighted by Crippen LogP contribution is -2.20. The molecule has 0 bridgehead atoms. The van der Waals surface area contributed by atoms with Crippen molar-refractivity contribution >= 4 is 35.7 Å². The van der Waals surface area contributed by atoms with E-state index in [0.29, 0.717) is 24.0 Å². The summed E-state index contributed by atoms with van der Waals surface area (Å²) in [6, 6.07) is 12.1. The number of rotatable bonds is 6. The van der Waals surface area contributed by atoms with Gasteiger partial charge in [-0.15, -0.1) is 0 Å². The second-order valence-corrected chi connectivity index (χ2v) is 6.99. The van der Waals surface area contributed by atoms with Crippen molar-refractivity contribution in [2.24, 2.45) is 4.99 Å². The number of esters is 1. The number of fused-ring (bicyclic) bond motifs is 1. The Bertz CT molecular complexity index is 931. The van der Waals surface area contributed by atoms with Crippen LogP contribution < -0.4 is 10.1 Å². The van der Waals surface area contributed by atoms with Crippen molar-refractivity contribution < 1.29 is 18.8 Å². The molecule has 1 aliphatic rings. The first-order valence-corrected chi connectivity index (χ1v) is 9.27. The molecule has 3 rings (SSSR count). The molecule has 1 aliphatic heterocycles. The van der Waals surface area contributed by atoms with Gasteiger partial charge in [-0.2, -0.15) is 0 Å². The molecule has 1 N–H and O–H groups in total. The molecule has 0 saturated heterocycles. The number of carbonyl (C=O) groups excluding carboxylic acids is 1. The Morgan fingerprint density at radius 2 is 1.93 bits per heavy atom. The molecule has 0 aliphatic carbocycles. The Balaban J connectivity index is 1.82. The normalized spacial score (nSPS) is 12.6. The standard InChI is InChI=1S/C22H26N3O3/c1-14(2)15-6-9-17(10-7-15)23-22-24-18-12-16(8-11-21(26)28-5)20(27-4)13-19(18)25(22)3/h6-7,9-10,12-14H,3,8,11H2,1-2,4-5H3,(H,23,24)/q+1. The minimum atomic E-state index is -0.253. The zero-order valence-electron chi connectivity index (χ0n) is 16.8. The number of hydrogen-bond acceptors (Lipinski definition) is 5. The van der Waals surface area contributed by atoms with Crippen LogP contribution in [0.15, 0.2) is 41.4 Å². The molecular formula is C22H26N3O3+. The van der Waals surface area contributed by atoms with Gasteiger partial charge in [0.05, 0.1) is 19.9 Å². The number of nitrogens with zero attached hydrogens (tertiary/aromatic N) is 2. The maximum absolute atomic E-state index is 11.5. The van der Waals surface area contributed by atoms with E-state index < -0.39 is 0 Å². The molecular weight excluding hydrogens is 354 g/mol. The van der Waals surface area contributed by atoms with Crippen LogP contribution in [0.2, 0.25) is 0 Å². The first-order valence-electron chi connectivity index (χ1n) is 9.27. The fourth-order valence-electron chi connectivity index (χ4n) is 3.10. The first kappa shape index (κ1) is 19.6. The smallest absolute Gasteiger partial charge is 0.401 e. The lowest BCUT2D eigenvalue weighted by Gasteiger charge is -2.09. The van der Waals surface area contributed by atoms with Crippen LogP contribution in [0, 0.1) is 0 Å². The third kappa shape index (κ3) is 4.06. The molecule has 146 valence electrons. The molecule has 6 nitrogen and oxygen atoms in total. The minimum Gasteiger partial charge on any atom is -0.496 e. The van der Waals surface area contributed by atoms with Gasteiger partial charge in [0.15, 0.2) is 11.4 Å². The molecule has 0 fully saturated rings. The molecule has 0 amide bonds. The first-order chi connectivity index (χ1) is 13.4. The van der Waals surface area contributed by atoms with E-state index in [-0.39, 0.29) is 12.4 Å². The lowest BCUT2D eigenvalue weighted by atomic mass is 10.0. The highest BCUT2D eigenvalue weighted by molar-refractivity contribution is 5.96. The second-order valence-electron chi connectivity index (χ2n) is 6.99. The number of ether oxygens (including phenoxy) is 2. The third-order valence-corrected chi connectivity index (χ3v) is 4.81. The summed E-state index contributed by atoms with van der Waals surface area (Å²) in [6.07, 6.45) is 0.811. The number of nitrogens with one attached hydrogen (secondary N) is 1. The van der Waals surface area contributed by atoms with Crippen molar-refractivity contribution in [3.63, 3.8) is 0 Å². The maximum Gasteiger partial charge on any atom is 0.401 e. The molecule has 0 atom stereocenters. The van der Waals surface area contributed by atoms with E-state index in [2.05, 4.69) is 43.0 Å². The van der Waals surface area contributed by atoms with E-state index in [1.807, 2.05) is 24.3 Å². The Morgan fingerprint density at radius 1 is 1.21 bits per heavy atom. The van der Waals surface area contributed by atoms with E-state index in [0.717, 1.165) is 22.6 Å². The van der Waals surface area contributed by atoms with Crippen molar-refractivity contribution in [2.45, 2.75) is 32.6 Å². The zero-order chi connectivity index (χ0) is 20.3. The van der Waals surface area contributed by atoms with Gasteiger partial charge in [-0.25, -0.2) is 9.89 Å². The molecule has 0 saturated carbocycles. The average molecular weight is 380 g/mol. The molecule has 2 aromatic rings. The lowest BCUT2D eigenvalue weighted by molar-refractivity contribution is -0.289. The van der Waals surface area contributed by atoms with Crippen LogP contribution in [0.1, 0.15) is 37.3 Å². The molecule has 0 radical (unpaired) electrons. The van der Waals surface area contributed by atoms with Gasteiger partial charge in [-0.1, -0.05) is 31.0 Å². The van der Waals surface area contributed by atoms with Gasteiger partial charge in [0.25, 0.3) is 0 Å². The number of hydrogen-bond donors (Lipinski definition) is 1. The Hall–Kier alpha value is -3.15. The van der Waals surface area contributed by atoms with Crippen LogP contribution in [-0.2, 0) is 16.0 Å². The van der Waals surface area contributed by atoms with E-state index in [1.54, 1.807) is 11.7 Å². The van der Waals surface area contributed by atoms with Crippen LogP contribution in [0.5, 0.6) is 5.75 Å². The maximum atomic E-state index is 11.5. The number of methoxy groups -OCH3 is 2. The fraction of sp³-hybridized carbons (Fsp3) is 0.318.